The van der Waals surface area contributed by atoms with Crippen LogP contribution >= 0.6 is 11.3 Å². The summed E-state index contributed by atoms with van der Waals surface area (Å²) in [6.45, 7) is 2.31. The van der Waals surface area contributed by atoms with Crippen LogP contribution in [0.5, 0.6) is 5.75 Å². The van der Waals surface area contributed by atoms with Crippen LogP contribution in [0, 0.1) is 6.92 Å². The van der Waals surface area contributed by atoms with Crippen molar-refractivity contribution in [2.24, 2.45) is 0 Å². The Kier molecular flexibility index (Phi) is 5.67. The highest BCUT2D eigenvalue weighted by Crippen LogP contribution is 2.21. The molecular weight excluding hydrogens is 400 g/mol. The summed E-state index contributed by atoms with van der Waals surface area (Å²) in [5, 5.41) is 6.12. The highest BCUT2D eigenvalue weighted by Gasteiger charge is 2.06. The van der Waals surface area contributed by atoms with Crippen LogP contribution in [-0.2, 0) is 11.4 Å². The maximum atomic E-state index is 12.4. The van der Waals surface area contributed by atoms with Crippen molar-refractivity contribution in [3.8, 4) is 5.75 Å². The van der Waals surface area contributed by atoms with Gasteiger partial charge in [-0.1, -0.05) is 18.2 Å². The highest BCUT2D eigenvalue weighted by molar-refractivity contribution is 7.09. The minimum absolute atomic E-state index is 0.256. The fraction of sp³-hybridized carbons (Fsp3) is 0.0909. The Morgan fingerprint density at radius 3 is 2.97 bits per heavy atom. The monoisotopic (exact) mass is 418 g/mol. The second-order valence-electron chi connectivity index (χ2n) is 6.47. The Labute approximate surface area is 176 Å². The Balaban J connectivity index is 1.45. The third-order valence-electron chi connectivity index (χ3n) is 4.28. The molecule has 4 aromatic rings. The van der Waals surface area contributed by atoms with Gasteiger partial charge in [0.2, 0.25) is 5.91 Å². The minimum Gasteiger partial charge on any atom is -0.487 e. The number of nitrogens with zero attached hydrogens (tertiary/aromatic N) is 2. The van der Waals surface area contributed by atoms with Gasteiger partial charge in [-0.25, -0.2) is 9.97 Å². The summed E-state index contributed by atoms with van der Waals surface area (Å²) in [7, 11) is 0. The molecule has 0 spiro atoms. The number of para-hydroxylation sites is 1. The van der Waals surface area contributed by atoms with Gasteiger partial charge < -0.3 is 15.0 Å². The van der Waals surface area contributed by atoms with Gasteiger partial charge in [0, 0.05) is 22.7 Å². The van der Waals surface area contributed by atoms with E-state index in [1.807, 2.05) is 36.6 Å². The Hall–Kier alpha value is -3.78. The molecule has 0 saturated heterocycles. The lowest BCUT2D eigenvalue weighted by atomic mass is 10.2. The predicted octanol–water partition coefficient (Wildman–Crippen LogP) is 3.92. The Morgan fingerprint density at radius 1 is 1.27 bits per heavy atom. The van der Waals surface area contributed by atoms with E-state index in [2.05, 4.69) is 20.3 Å². The first-order valence-corrected chi connectivity index (χ1v) is 10.1. The van der Waals surface area contributed by atoms with Crippen molar-refractivity contribution < 1.29 is 9.53 Å². The summed E-state index contributed by atoms with van der Waals surface area (Å²) in [6.07, 6.45) is 4.46. The molecule has 150 valence electrons. The van der Waals surface area contributed by atoms with Crippen molar-refractivity contribution >= 4 is 39.9 Å². The molecule has 0 bridgehead atoms. The summed E-state index contributed by atoms with van der Waals surface area (Å²) in [5.74, 6) is 0.343. The quantitative estimate of drug-likeness (QED) is 0.463. The number of aromatic amines is 1. The molecule has 0 aliphatic heterocycles. The third kappa shape index (κ3) is 4.61. The highest BCUT2D eigenvalue weighted by atomic mass is 32.1. The molecule has 0 atom stereocenters. The lowest BCUT2D eigenvalue weighted by Gasteiger charge is -2.08. The number of carbonyl (C=O) groups excluding carboxylic acids is 1. The largest absolute Gasteiger partial charge is 0.487 e. The van der Waals surface area contributed by atoms with Crippen LogP contribution in [0.4, 0.5) is 5.69 Å². The van der Waals surface area contributed by atoms with E-state index in [1.165, 1.54) is 12.4 Å². The lowest BCUT2D eigenvalue weighted by molar-refractivity contribution is -0.111. The van der Waals surface area contributed by atoms with Crippen LogP contribution in [0.25, 0.3) is 17.0 Å². The maximum Gasteiger partial charge on any atom is 0.258 e. The molecule has 0 saturated carbocycles. The molecule has 0 aliphatic rings. The van der Waals surface area contributed by atoms with Crippen LogP contribution in [0.2, 0.25) is 0 Å². The number of hydrogen-bond acceptors (Lipinski definition) is 6. The van der Waals surface area contributed by atoms with Crippen molar-refractivity contribution in [2.45, 2.75) is 13.5 Å². The van der Waals surface area contributed by atoms with Crippen LogP contribution in [0.15, 0.2) is 65.0 Å². The number of carbonyl (C=O) groups is 1. The SMILES string of the molecule is Cc1nc(COc2ccccc2/C=C/C(=O)Nc2ccc3nc[nH]c(=O)c3c2)cs1. The van der Waals surface area contributed by atoms with E-state index >= 15 is 0 Å². The zero-order chi connectivity index (χ0) is 20.9. The lowest BCUT2D eigenvalue weighted by Crippen LogP contribution is -2.10. The summed E-state index contributed by atoms with van der Waals surface area (Å²) < 4.78 is 5.86. The van der Waals surface area contributed by atoms with Crippen LogP contribution in [0.1, 0.15) is 16.3 Å². The molecule has 0 aliphatic carbocycles. The fourth-order valence-corrected chi connectivity index (χ4v) is 3.47. The Bertz CT molecular complexity index is 1290. The minimum atomic E-state index is -0.320. The van der Waals surface area contributed by atoms with Gasteiger partial charge in [0.25, 0.3) is 5.56 Å². The standard InChI is InChI=1S/C22H18N4O3S/c1-14-25-17(12-30-14)11-29-20-5-3-2-4-15(20)6-9-21(27)26-16-7-8-19-18(10-16)22(28)24-13-23-19/h2-10,12-13H,11H2,1H3,(H,26,27)(H,23,24,28)/b9-6+. The molecule has 4 rings (SSSR count). The first-order chi connectivity index (χ1) is 14.6. The topological polar surface area (TPSA) is 97.0 Å². The molecule has 2 heterocycles. The number of thiazole rings is 1. The number of H-pyrrole nitrogens is 1. The molecule has 8 heteroatoms. The molecule has 30 heavy (non-hydrogen) atoms. The number of aryl methyl sites for hydroxylation is 1. The van der Waals surface area contributed by atoms with E-state index in [0.717, 1.165) is 16.3 Å². The van der Waals surface area contributed by atoms with Crippen LogP contribution in [0.3, 0.4) is 0 Å². The van der Waals surface area contributed by atoms with E-state index in [1.54, 1.807) is 35.6 Å². The number of benzene rings is 2. The van der Waals surface area contributed by atoms with Crippen molar-refractivity contribution in [3.05, 3.63) is 86.9 Å². The number of aromatic nitrogens is 3. The van der Waals surface area contributed by atoms with Gasteiger partial charge in [0.05, 0.1) is 27.9 Å². The second kappa shape index (κ2) is 8.71. The van der Waals surface area contributed by atoms with Crippen LogP contribution < -0.4 is 15.6 Å². The third-order valence-corrected chi connectivity index (χ3v) is 5.11. The van der Waals surface area contributed by atoms with Gasteiger partial charge in [0.15, 0.2) is 0 Å². The Morgan fingerprint density at radius 2 is 2.13 bits per heavy atom. The molecule has 1 amide bonds. The second-order valence-corrected chi connectivity index (χ2v) is 7.53. The summed E-state index contributed by atoms with van der Waals surface area (Å²) in [5.41, 5.74) is 2.47. The van der Waals surface area contributed by atoms with E-state index < -0.39 is 0 Å². The van der Waals surface area contributed by atoms with Gasteiger partial charge in [-0.2, -0.15) is 0 Å². The smallest absolute Gasteiger partial charge is 0.258 e. The molecule has 2 aromatic carbocycles. The van der Waals surface area contributed by atoms with Gasteiger partial charge in [-0.05, 0) is 37.3 Å². The number of ether oxygens (including phenoxy) is 1. The summed E-state index contributed by atoms with van der Waals surface area (Å²) in [4.78, 5) is 35.2. The van der Waals surface area contributed by atoms with Crippen LogP contribution in [-0.4, -0.2) is 20.9 Å². The zero-order valence-electron chi connectivity index (χ0n) is 16.1. The van der Waals surface area contributed by atoms with E-state index in [9.17, 15) is 9.59 Å². The molecule has 2 aromatic heterocycles. The van der Waals surface area contributed by atoms with Gasteiger partial charge in [-0.15, -0.1) is 11.3 Å². The van der Waals surface area contributed by atoms with Crippen molar-refractivity contribution in [1.82, 2.24) is 15.0 Å². The first kappa shape index (κ1) is 19.5. The van der Waals surface area contributed by atoms with Crippen molar-refractivity contribution in [1.29, 1.82) is 0 Å². The zero-order valence-corrected chi connectivity index (χ0v) is 16.9. The molecule has 2 N–H and O–H groups in total. The summed E-state index contributed by atoms with van der Waals surface area (Å²) >= 11 is 1.58. The predicted molar refractivity (Wildman–Crippen MR) is 118 cm³/mol. The normalized spacial score (nSPS) is 11.1. The van der Waals surface area contributed by atoms with E-state index in [0.29, 0.717) is 28.9 Å². The van der Waals surface area contributed by atoms with Crippen molar-refractivity contribution in [2.75, 3.05) is 5.32 Å². The van der Waals surface area contributed by atoms with E-state index in [-0.39, 0.29) is 11.5 Å². The molecule has 7 nitrogen and oxygen atoms in total. The molecule has 0 radical (unpaired) electrons. The van der Waals surface area contributed by atoms with Gasteiger partial charge in [0.1, 0.15) is 12.4 Å². The van der Waals surface area contributed by atoms with Crippen molar-refractivity contribution in [3.63, 3.8) is 0 Å². The fourth-order valence-electron chi connectivity index (χ4n) is 2.87. The number of rotatable bonds is 6. The number of nitrogens with one attached hydrogen (secondary N) is 2. The average Bonchev–Trinajstić information content (AvgIpc) is 3.17. The number of hydrogen-bond donors (Lipinski definition) is 2. The molecular formula is C22H18N4O3S. The van der Waals surface area contributed by atoms with Gasteiger partial charge >= 0.3 is 0 Å². The van der Waals surface area contributed by atoms with Gasteiger partial charge in [-0.3, -0.25) is 9.59 Å². The van der Waals surface area contributed by atoms with E-state index in [4.69, 9.17) is 4.74 Å². The maximum absolute atomic E-state index is 12.4. The molecule has 0 unspecified atom stereocenters. The molecule has 0 fully saturated rings. The number of anilines is 1. The first-order valence-electron chi connectivity index (χ1n) is 9.18. The number of amides is 1. The average molecular weight is 418 g/mol. The summed E-state index contributed by atoms with van der Waals surface area (Å²) in [6, 6.07) is 12.5. The number of fused-ring (bicyclic) bond motifs is 1.